The molecule has 0 spiro atoms. The second kappa shape index (κ2) is 4.44. The second-order valence-electron chi connectivity index (χ2n) is 2.68. The smallest absolute Gasteiger partial charge is 0.501 e. The van der Waals surface area contributed by atoms with E-state index in [1.807, 2.05) is 0 Å². The zero-order valence-electron chi connectivity index (χ0n) is 8.08. The van der Waals surface area contributed by atoms with E-state index in [1.54, 1.807) is 0 Å². The van der Waals surface area contributed by atoms with Gasteiger partial charge in [-0.3, -0.25) is 0 Å². The van der Waals surface area contributed by atoms with Gasteiger partial charge >= 0.3 is 6.36 Å². The summed E-state index contributed by atoms with van der Waals surface area (Å²) in [5.41, 5.74) is 0.0505. The molecule has 0 saturated heterocycles. The van der Waals surface area contributed by atoms with Gasteiger partial charge in [0, 0.05) is 11.8 Å². The van der Waals surface area contributed by atoms with E-state index >= 15 is 0 Å². The van der Waals surface area contributed by atoms with Crippen molar-refractivity contribution in [2.75, 3.05) is 7.11 Å². The topological polar surface area (TPSA) is 71.8 Å². The van der Waals surface area contributed by atoms with Gasteiger partial charge in [-0.25, -0.2) is 4.98 Å². The molecule has 0 aromatic carbocycles. The molecule has 1 aromatic heterocycles. The summed E-state index contributed by atoms with van der Waals surface area (Å²) >= 11 is 0. The predicted molar refractivity (Wildman–Crippen MR) is 45.1 cm³/mol. The van der Waals surface area contributed by atoms with Crippen molar-refractivity contribution in [3.63, 3.8) is 0 Å². The average Bonchev–Trinajstić information content (AvgIpc) is 2.19. The normalized spacial score (nSPS) is 11.3. The molecule has 0 amide bonds. The van der Waals surface area contributed by atoms with Crippen molar-refractivity contribution in [2.24, 2.45) is 0 Å². The van der Waals surface area contributed by atoms with Gasteiger partial charge in [-0.15, -0.1) is 13.2 Å². The van der Waals surface area contributed by atoms with Gasteiger partial charge < -0.3 is 19.7 Å². The number of aliphatic hydroxyl groups excluding tert-OH is 1. The highest BCUT2D eigenvalue weighted by Crippen LogP contribution is 2.38. The molecule has 0 fully saturated rings. The minimum Gasteiger partial charge on any atom is -0.501 e. The lowest BCUT2D eigenvalue weighted by molar-refractivity contribution is -0.276. The molecule has 0 atom stereocenters. The van der Waals surface area contributed by atoms with Crippen LogP contribution >= 0.6 is 0 Å². The number of aromatic hydroxyl groups is 1. The minimum atomic E-state index is -4.96. The Morgan fingerprint density at radius 2 is 2.06 bits per heavy atom. The summed E-state index contributed by atoms with van der Waals surface area (Å²) in [7, 11) is 1.13. The Bertz CT molecular complexity index is 380. The molecule has 1 heterocycles. The van der Waals surface area contributed by atoms with Crippen molar-refractivity contribution < 1.29 is 32.9 Å². The number of rotatable bonds is 3. The van der Waals surface area contributed by atoms with Gasteiger partial charge in [0.2, 0.25) is 5.75 Å². The fourth-order valence-electron chi connectivity index (χ4n) is 1.03. The van der Waals surface area contributed by atoms with Crippen molar-refractivity contribution in [1.29, 1.82) is 0 Å². The van der Waals surface area contributed by atoms with Crippen LogP contribution in [0.25, 0.3) is 0 Å². The van der Waals surface area contributed by atoms with Crippen LogP contribution in [-0.2, 0) is 6.61 Å². The van der Waals surface area contributed by atoms with Crippen molar-refractivity contribution in [1.82, 2.24) is 4.98 Å². The van der Waals surface area contributed by atoms with E-state index in [0.29, 0.717) is 0 Å². The number of alkyl halides is 3. The quantitative estimate of drug-likeness (QED) is 0.828. The zero-order chi connectivity index (χ0) is 12.3. The summed E-state index contributed by atoms with van der Waals surface area (Å²) < 4.78 is 43.7. The molecule has 0 radical (unpaired) electrons. The largest absolute Gasteiger partial charge is 0.574 e. The molecule has 16 heavy (non-hydrogen) atoms. The molecule has 0 saturated carbocycles. The van der Waals surface area contributed by atoms with Gasteiger partial charge in [0.15, 0.2) is 5.75 Å². The van der Waals surface area contributed by atoms with Crippen LogP contribution in [-0.4, -0.2) is 28.7 Å². The highest BCUT2D eigenvalue weighted by Gasteiger charge is 2.34. The summed E-state index contributed by atoms with van der Waals surface area (Å²) in [6.07, 6.45) is -4.05. The lowest BCUT2D eigenvalue weighted by Crippen LogP contribution is -2.18. The maximum Gasteiger partial charge on any atom is 0.574 e. The SMILES string of the molecule is COc1c(CO)cnc(OC(F)(F)F)c1O. The Morgan fingerprint density at radius 1 is 1.44 bits per heavy atom. The molecule has 5 nitrogen and oxygen atoms in total. The summed E-state index contributed by atoms with van der Waals surface area (Å²) in [6, 6.07) is 0. The first kappa shape index (κ1) is 12.4. The van der Waals surface area contributed by atoms with E-state index in [9.17, 15) is 18.3 Å². The van der Waals surface area contributed by atoms with Crippen molar-refractivity contribution >= 4 is 0 Å². The van der Waals surface area contributed by atoms with E-state index in [1.165, 1.54) is 0 Å². The van der Waals surface area contributed by atoms with Crippen LogP contribution in [0.5, 0.6) is 17.4 Å². The highest BCUT2D eigenvalue weighted by atomic mass is 19.4. The zero-order valence-corrected chi connectivity index (χ0v) is 8.08. The number of nitrogens with zero attached hydrogens (tertiary/aromatic N) is 1. The lowest BCUT2D eigenvalue weighted by Gasteiger charge is -2.13. The molecular formula is C8H8F3NO4. The van der Waals surface area contributed by atoms with Crippen LogP contribution < -0.4 is 9.47 Å². The van der Waals surface area contributed by atoms with Gasteiger partial charge in [-0.2, -0.15) is 0 Å². The first-order valence-electron chi connectivity index (χ1n) is 4.00. The number of hydrogen-bond donors (Lipinski definition) is 2. The van der Waals surface area contributed by atoms with Crippen LogP contribution in [0.15, 0.2) is 6.20 Å². The lowest BCUT2D eigenvalue weighted by atomic mass is 10.2. The third-order valence-corrected chi connectivity index (χ3v) is 1.63. The number of hydrogen-bond acceptors (Lipinski definition) is 5. The van der Waals surface area contributed by atoms with Crippen LogP contribution in [0.2, 0.25) is 0 Å². The van der Waals surface area contributed by atoms with Crippen molar-refractivity contribution in [3.05, 3.63) is 11.8 Å². The monoisotopic (exact) mass is 239 g/mol. The molecule has 0 aliphatic rings. The molecule has 1 aromatic rings. The standard InChI is InChI=1S/C8H8F3NO4/c1-15-6-4(3-13)2-12-7(5(6)14)16-8(9,10)11/h2,13-14H,3H2,1H3. The Hall–Kier alpha value is -1.70. The highest BCUT2D eigenvalue weighted by molar-refractivity contribution is 5.50. The van der Waals surface area contributed by atoms with E-state index in [0.717, 1.165) is 13.3 Å². The van der Waals surface area contributed by atoms with Gasteiger partial charge in [0.25, 0.3) is 5.88 Å². The third-order valence-electron chi connectivity index (χ3n) is 1.63. The summed E-state index contributed by atoms with van der Waals surface area (Å²) in [4.78, 5) is 3.21. The van der Waals surface area contributed by atoms with Crippen LogP contribution in [0, 0.1) is 0 Å². The molecule has 2 N–H and O–H groups in total. The van der Waals surface area contributed by atoms with E-state index in [-0.39, 0.29) is 11.3 Å². The van der Waals surface area contributed by atoms with Gasteiger partial charge in [0.1, 0.15) is 0 Å². The Balaban J connectivity index is 3.14. The fourth-order valence-corrected chi connectivity index (χ4v) is 1.03. The summed E-state index contributed by atoms with van der Waals surface area (Å²) in [5.74, 6) is -2.25. The first-order chi connectivity index (χ1) is 7.39. The number of aliphatic hydroxyl groups is 1. The Morgan fingerprint density at radius 3 is 2.50 bits per heavy atom. The van der Waals surface area contributed by atoms with E-state index in [4.69, 9.17) is 5.11 Å². The van der Waals surface area contributed by atoms with Crippen LogP contribution in [0.4, 0.5) is 13.2 Å². The maximum atomic E-state index is 11.9. The van der Waals surface area contributed by atoms with Gasteiger partial charge in [-0.1, -0.05) is 0 Å². The minimum absolute atomic E-state index is 0.0505. The molecule has 0 aliphatic heterocycles. The number of aromatic nitrogens is 1. The molecule has 0 unspecified atom stereocenters. The van der Waals surface area contributed by atoms with Crippen molar-refractivity contribution in [2.45, 2.75) is 13.0 Å². The second-order valence-corrected chi connectivity index (χ2v) is 2.68. The average molecular weight is 239 g/mol. The number of pyridine rings is 1. The van der Waals surface area contributed by atoms with E-state index in [2.05, 4.69) is 14.5 Å². The number of ether oxygens (including phenoxy) is 2. The van der Waals surface area contributed by atoms with Crippen LogP contribution in [0.3, 0.4) is 0 Å². The first-order valence-corrected chi connectivity index (χ1v) is 4.00. The molecular weight excluding hydrogens is 231 g/mol. The Kier molecular flexibility index (Phi) is 3.43. The Labute approximate surface area is 88.1 Å². The third kappa shape index (κ3) is 2.66. The summed E-state index contributed by atoms with van der Waals surface area (Å²) in [5, 5.41) is 18.1. The number of halogens is 3. The maximum absolute atomic E-state index is 11.9. The van der Waals surface area contributed by atoms with Crippen LogP contribution in [0.1, 0.15) is 5.56 Å². The molecule has 1 rings (SSSR count). The predicted octanol–water partition coefficient (Wildman–Crippen LogP) is 1.19. The van der Waals surface area contributed by atoms with Gasteiger partial charge in [-0.05, 0) is 0 Å². The molecule has 8 heteroatoms. The molecule has 90 valence electrons. The van der Waals surface area contributed by atoms with E-state index < -0.39 is 24.6 Å². The number of methoxy groups -OCH3 is 1. The fraction of sp³-hybridized carbons (Fsp3) is 0.375. The van der Waals surface area contributed by atoms with Gasteiger partial charge in [0.05, 0.1) is 13.7 Å². The molecule has 0 aliphatic carbocycles. The molecule has 0 bridgehead atoms. The van der Waals surface area contributed by atoms with Crippen molar-refractivity contribution in [3.8, 4) is 17.4 Å². The summed E-state index contributed by atoms with van der Waals surface area (Å²) in [6.45, 7) is -0.532.